The molecule has 1 aromatic heterocycles. The Bertz CT molecular complexity index is 513. The van der Waals surface area contributed by atoms with Crippen LogP contribution in [-0.2, 0) is 0 Å². The van der Waals surface area contributed by atoms with Gasteiger partial charge in [0, 0.05) is 10.7 Å². The Morgan fingerprint density at radius 1 is 1.10 bits per heavy atom. The quantitative estimate of drug-likeness (QED) is 0.650. The molecule has 0 radical (unpaired) electrons. The molecule has 0 aliphatic rings. The molecule has 0 aliphatic heterocycles. The largest absolute Gasteiger partial charge is 0.310 e. The van der Waals surface area contributed by atoms with Crippen LogP contribution in [-0.4, -0.2) is 6.54 Å². The van der Waals surface area contributed by atoms with Crippen LogP contribution in [0.25, 0.3) is 10.1 Å². The fourth-order valence-corrected chi connectivity index (χ4v) is 3.88. The van der Waals surface area contributed by atoms with Crippen molar-refractivity contribution in [1.82, 2.24) is 5.32 Å². The second kappa shape index (κ2) is 7.80. The SMILES string of the molecule is CCCNC(CC(CC)CC)c1csc2ccccc12. The predicted molar refractivity (Wildman–Crippen MR) is 91.5 cm³/mol. The number of benzene rings is 1. The summed E-state index contributed by atoms with van der Waals surface area (Å²) in [7, 11) is 0. The summed E-state index contributed by atoms with van der Waals surface area (Å²) in [5.41, 5.74) is 1.51. The smallest absolute Gasteiger partial charge is 0.0346 e. The maximum absolute atomic E-state index is 3.77. The third-order valence-corrected chi connectivity index (χ3v) is 5.23. The molecule has 0 saturated heterocycles. The molecule has 1 nitrogen and oxygen atoms in total. The lowest BCUT2D eigenvalue weighted by Gasteiger charge is -2.23. The fourth-order valence-electron chi connectivity index (χ4n) is 2.86. The lowest BCUT2D eigenvalue weighted by Crippen LogP contribution is -2.24. The highest BCUT2D eigenvalue weighted by atomic mass is 32.1. The minimum atomic E-state index is 0.510. The molecule has 1 aromatic carbocycles. The third kappa shape index (κ3) is 3.62. The van der Waals surface area contributed by atoms with Gasteiger partial charge < -0.3 is 5.32 Å². The molecule has 0 spiro atoms. The van der Waals surface area contributed by atoms with E-state index in [0.717, 1.165) is 12.5 Å². The van der Waals surface area contributed by atoms with Crippen LogP contribution in [0.4, 0.5) is 0 Å². The Labute approximate surface area is 127 Å². The molecule has 2 rings (SSSR count). The Kier molecular flexibility index (Phi) is 6.06. The van der Waals surface area contributed by atoms with Gasteiger partial charge in [0.2, 0.25) is 0 Å². The van der Waals surface area contributed by atoms with Gasteiger partial charge in [-0.3, -0.25) is 0 Å². The Morgan fingerprint density at radius 3 is 2.55 bits per heavy atom. The van der Waals surface area contributed by atoms with Gasteiger partial charge in [-0.1, -0.05) is 51.8 Å². The van der Waals surface area contributed by atoms with Gasteiger partial charge in [-0.2, -0.15) is 0 Å². The van der Waals surface area contributed by atoms with Crippen molar-refractivity contribution in [2.45, 2.75) is 52.5 Å². The number of thiophene rings is 1. The molecule has 1 unspecified atom stereocenters. The van der Waals surface area contributed by atoms with Gasteiger partial charge in [0.1, 0.15) is 0 Å². The average Bonchev–Trinajstić information content (AvgIpc) is 2.92. The summed E-state index contributed by atoms with van der Waals surface area (Å²) in [5.74, 6) is 0.822. The van der Waals surface area contributed by atoms with Crippen molar-refractivity contribution in [2.75, 3.05) is 6.54 Å². The maximum Gasteiger partial charge on any atom is 0.0346 e. The van der Waals surface area contributed by atoms with Crippen LogP contribution in [0.15, 0.2) is 29.6 Å². The van der Waals surface area contributed by atoms with Crippen molar-refractivity contribution >= 4 is 21.4 Å². The van der Waals surface area contributed by atoms with Crippen molar-refractivity contribution in [2.24, 2.45) is 5.92 Å². The van der Waals surface area contributed by atoms with Crippen molar-refractivity contribution in [3.05, 3.63) is 35.2 Å². The van der Waals surface area contributed by atoms with Crippen LogP contribution in [0.2, 0.25) is 0 Å². The van der Waals surface area contributed by atoms with E-state index >= 15 is 0 Å². The minimum absolute atomic E-state index is 0.510. The molecule has 0 saturated carbocycles. The van der Waals surface area contributed by atoms with Gasteiger partial charge in [-0.05, 0) is 47.7 Å². The highest BCUT2D eigenvalue weighted by Gasteiger charge is 2.18. The van der Waals surface area contributed by atoms with Gasteiger partial charge in [0.25, 0.3) is 0 Å². The zero-order valence-corrected chi connectivity index (χ0v) is 13.8. The van der Waals surface area contributed by atoms with Crippen molar-refractivity contribution in [3.8, 4) is 0 Å². The van der Waals surface area contributed by atoms with E-state index in [0.29, 0.717) is 6.04 Å². The van der Waals surface area contributed by atoms with Crippen LogP contribution in [0.1, 0.15) is 58.1 Å². The number of hydrogen-bond acceptors (Lipinski definition) is 2. The number of rotatable bonds is 8. The maximum atomic E-state index is 3.77. The van der Waals surface area contributed by atoms with Crippen molar-refractivity contribution < 1.29 is 0 Å². The Balaban J connectivity index is 2.25. The molecule has 2 heteroatoms. The molecule has 110 valence electrons. The second-order valence-corrected chi connectivity index (χ2v) is 6.52. The van der Waals surface area contributed by atoms with E-state index in [1.54, 1.807) is 0 Å². The van der Waals surface area contributed by atoms with Crippen LogP contribution in [0.5, 0.6) is 0 Å². The monoisotopic (exact) mass is 289 g/mol. The summed E-state index contributed by atoms with van der Waals surface area (Å²) in [4.78, 5) is 0. The number of hydrogen-bond donors (Lipinski definition) is 1. The van der Waals surface area contributed by atoms with Gasteiger partial charge in [0.05, 0.1) is 0 Å². The minimum Gasteiger partial charge on any atom is -0.310 e. The second-order valence-electron chi connectivity index (χ2n) is 5.61. The lowest BCUT2D eigenvalue weighted by molar-refractivity contribution is 0.373. The molecule has 1 atom stereocenters. The highest BCUT2D eigenvalue weighted by Crippen LogP contribution is 2.34. The van der Waals surface area contributed by atoms with E-state index in [9.17, 15) is 0 Å². The molecule has 2 aromatic rings. The fraction of sp³-hybridized carbons (Fsp3) is 0.556. The molecule has 0 bridgehead atoms. The molecule has 0 aliphatic carbocycles. The third-order valence-electron chi connectivity index (χ3n) is 4.25. The summed E-state index contributed by atoms with van der Waals surface area (Å²) in [5, 5.41) is 7.57. The lowest BCUT2D eigenvalue weighted by atomic mass is 9.91. The molecule has 1 heterocycles. The van der Waals surface area contributed by atoms with E-state index in [4.69, 9.17) is 0 Å². The van der Waals surface area contributed by atoms with E-state index in [2.05, 4.69) is 55.7 Å². The first-order chi connectivity index (χ1) is 9.80. The predicted octanol–water partition coefficient (Wildman–Crippen LogP) is 5.77. The number of nitrogens with one attached hydrogen (secondary N) is 1. The summed E-state index contributed by atoms with van der Waals surface area (Å²) in [6.45, 7) is 7.98. The summed E-state index contributed by atoms with van der Waals surface area (Å²) < 4.78 is 1.41. The van der Waals surface area contributed by atoms with Crippen LogP contribution in [0.3, 0.4) is 0 Å². The molecule has 1 N–H and O–H groups in total. The van der Waals surface area contributed by atoms with Gasteiger partial charge in [0.15, 0.2) is 0 Å². The van der Waals surface area contributed by atoms with Gasteiger partial charge >= 0.3 is 0 Å². The Morgan fingerprint density at radius 2 is 1.85 bits per heavy atom. The van der Waals surface area contributed by atoms with Gasteiger partial charge in [-0.25, -0.2) is 0 Å². The van der Waals surface area contributed by atoms with Crippen molar-refractivity contribution in [3.63, 3.8) is 0 Å². The van der Waals surface area contributed by atoms with E-state index in [1.807, 2.05) is 11.3 Å². The molecule has 20 heavy (non-hydrogen) atoms. The summed E-state index contributed by atoms with van der Waals surface area (Å²) in [6.07, 6.45) is 5.01. The topological polar surface area (TPSA) is 12.0 Å². The van der Waals surface area contributed by atoms with E-state index < -0.39 is 0 Å². The summed E-state index contributed by atoms with van der Waals surface area (Å²) >= 11 is 1.88. The van der Waals surface area contributed by atoms with Gasteiger partial charge in [-0.15, -0.1) is 11.3 Å². The average molecular weight is 289 g/mol. The van der Waals surface area contributed by atoms with E-state index in [1.165, 1.54) is 41.3 Å². The van der Waals surface area contributed by atoms with Crippen LogP contribution >= 0.6 is 11.3 Å². The molecule has 0 fully saturated rings. The van der Waals surface area contributed by atoms with Crippen LogP contribution in [0, 0.1) is 5.92 Å². The number of fused-ring (bicyclic) bond motifs is 1. The van der Waals surface area contributed by atoms with Crippen LogP contribution < -0.4 is 5.32 Å². The zero-order valence-electron chi connectivity index (χ0n) is 13.0. The Hall–Kier alpha value is -0.860. The van der Waals surface area contributed by atoms with E-state index in [-0.39, 0.29) is 0 Å². The van der Waals surface area contributed by atoms with Crippen molar-refractivity contribution in [1.29, 1.82) is 0 Å². The molecular weight excluding hydrogens is 262 g/mol. The zero-order chi connectivity index (χ0) is 14.4. The highest BCUT2D eigenvalue weighted by molar-refractivity contribution is 7.17. The molecule has 0 amide bonds. The first-order valence-electron chi connectivity index (χ1n) is 7.99. The molecular formula is C18H27NS. The normalized spacial score (nSPS) is 13.2. The summed E-state index contributed by atoms with van der Waals surface area (Å²) in [6, 6.07) is 9.31. The standard InChI is InChI=1S/C18H27NS/c1-4-11-19-17(12-14(5-2)6-3)16-13-20-18-10-8-7-9-15(16)18/h7-10,13-14,17,19H,4-6,11-12H2,1-3H3. The first kappa shape index (κ1) is 15.5. The first-order valence-corrected chi connectivity index (χ1v) is 8.87.